The summed E-state index contributed by atoms with van der Waals surface area (Å²) in [5.74, 6) is -0.522. The number of methoxy groups -OCH3 is 2. The van der Waals surface area contributed by atoms with Crippen LogP contribution in [0.3, 0.4) is 0 Å². The number of carbonyl (C=O) groups excluding carboxylic acids is 2. The fourth-order valence-electron chi connectivity index (χ4n) is 4.78. The van der Waals surface area contributed by atoms with E-state index in [0.29, 0.717) is 11.3 Å². The maximum absolute atomic E-state index is 14.4. The third kappa shape index (κ3) is 8.67. The number of hydrogen-bond acceptors (Lipinski definition) is 8. The Kier molecular flexibility index (Phi) is 11.6. The molecule has 46 heavy (non-hydrogen) atoms. The molecule has 0 saturated carbocycles. The number of anilines is 1. The topological polar surface area (TPSA) is 148 Å². The zero-order valence-corrected chi connectivity index (χ0v) is 28.4. The van der Waals surface area contributed by atoms with E-state index in [-0.39, 0.29) is 35.0 Å². The second-order valence-corrected chi connectivity index (χ2v) is 13.9. The zero-order chi connectivity index (χ0) is 34.4. The van der Waals surface area contributed by atoms with Crippen LogP contribution in [0.15, 0.2) is 65.6 Å². The van der Waals surface area contributed by atoms with Crippen LogP contribution in [0.1, 0.15) is 45.2 Å². The molecule has 1 N–H and O–H groups in total. The van der Waals surface area contributed by atoms with Crippen LogP contribution in [-0.4, -0.2) is 62.4 Å². The average Bonchev–Trinajstić information content (AvgIpc) is 2.98. The Morgan fingerprint density at radius 2 is 1.74 bits per heavy atom. The molecule has 0 aliphatic heterocycles. The Labute approximate surface area is 274 Å². The number of nitrogens with zero attached hydrogens (tertiary/aromatic N) is 3. The minimum atomic E-state index is -4.65. The molecule has 0 saturated heterocycles. The molecule has 248 valence electrons. The van der Waals surface area contributed by atoms with E-state index in [2.05, 4.69) is 5.32 Å². The van der Waals surface area contributed by atoms with Crippen molar-refractivity contribution in [1.82, 2.24) is 10.2 Å². The first-order valence-corrected chi connectivity index (χ1v) is 16.2. The lowest BCUT2D eigenvalue weighted by Gasteiger charge is -2.35. The predicted octanol–water partition coefficient (Wildman–Crippen LogP) is 5.49. The summed E-state index contributed by atoms with van der Waals surface area (Å²) in [7, 11) is -1.81. The summed E-state index contributed by atoms with van der Waals surface area (Å²) in [6.07, 6.45) is 0.217. The lowest BCUT2D eigenvalue weighted by atomic mass is 10.1. The molecule has 0 aliphatic carbocycles. The molecule has 0 fully saturated rings. The van der Waals surface area contributed by atoms with Crippen molar-refractivity contribution in [2.45, 2.75) is 64.1 Å². The highest BCUT2D eigenvalue weighted by Crippen LogP contribution is 2.36. The van der Waals surface area contributed by atoms with Crippen LogP contribution in [0.4, 0.5) is 11.4 Å². The molecule has 0 heterocycles. The van der Waals surface area contributed by atoms with Crippen molar-refractivity contribution < 1.29 is 32.4 Å². The van der Waals surface area contributed by atoms with Gasteiger partial charge < -0.3 is 19.7 Å². The number of nitro benzene ring substituents is 1. The van der Waals surface area contributed by atoms with Crippen molar-refractivity contribution in [3.05, 3.63) is 86.9 Å². The molecule has 2 amide bonds. The van der Waals surface area contributed by atoms with Crippen molar-refractivity contribution in [2.24, 2.45) is 0 Å². The predicted molar refractivity (Wildman–Crippen MR) is 176 cm³/mol. The Morgan fingerprint density at radius 3 is 2.33 bits per heavy atom. The normalized spacial score (nSPS) is 12.2. The van der Waals surface area contributed by atoms with E-state index < -0.39 is 55.5 Å². The molecule has 0 unspecified atom stereocenters. The van der Waals surface area contributed by atoms with Gasteiger partial charge in [-0.2, -0.15) is 0 Å². The third-order valence-corrected chi connectivity index (χ3v) is 9.02. The molecule has 3 aromatic carbocycles. The number of nitro groups is 1. The Hall–Kier alpha value is -4.36. The summed E-state index contributed by atoms with van der Waals surface area (Å²) in [4.78, 5) is 39.8. The van der Waals surface area contributed by atoms with E-state index in [1.807, 2.05) is 20.8 Å². The van der Waals surface area contributed by atoms with Crippen molar-refractivity contribution in [2.75, 3.05) is 25.1 Å². The van der Waals surface area contributed by atoms with Crippen molar-refractivity contribution >= 4 is 44.8 Å². The van der Waals surface area contributed by atoms with E-state index in [9.17, 15) is 28.1 Å². The summed E-state index contributed by atoms with van der Waals surface area (Å²) in [5.41, 5.74) is -0.195. The second kappa shape index (κ2) is 14.8. The van der Waals surface area contributed by atoms with E-state index >= 15 is 0 Å². The SMILES string of the molecule is CC[C@H](C(=O)NC(C)(C)C)N(Cc1cccc(OC)c1)C(=O)CN(c1cc(Cl)ccc1OC)S(=O)(=O)c1ccc(C)c([N+](=O)[O-])c1. The monoisotopic (exact) mass is 674 g/mol. The van der Waals surface area contributed by atoms with Crippen molar-refractivity contribution in [3.8, 4) is 11.5 Å². The number of nitrogens with one attached hydrogen (secondary N) is 1. The first-order chi connectivity index (χ1) is 21.5. The van der Waals surface area contributed by atoms with Gasteiger partial charge in [0.1, 0.15) is 24.1 Å². The lowest BCUT2D eigenvalue weighted by molar-refractivity contribution is -0.385. The van der Waals surface area contributed by atoms with Gasteiger partial charge in [0, 0.05) is 28.7 Å². The van der Waals surface area contributed by atoms with Gasteiger partial charge in [0.15, 0.2) is 0 Å². The van der Waals surface area contributed by atoms with Gasteiger partial charge >= 0.3 is 0 Å². The highest BCUT2D eigenvalue weighted by molar-refractivity contribution is 7.92. The number of carbonyl (C=O) groups is 2. The van der Waals surface area contributed by atoms with Crippen LogP contribution in [0.2, 0.25) is 5.02 Å². The molecule has 0 bridgehead atoms. The lowest BCUT2D eigenvalue weighted by Crippen LogP contribution is -2.55. The minimum Gasteiger partial charge on any atom is -0.497 e. The minimum absolute atomic E-state index is 0.0529. The van der Waals surface area contributed by atoms with Crippen LogP contribution >= 0.6 is 11.6 Å². The third-order valence-electron chi connectivity index (χ3n) is 7.02. The number of benzene rings is 3. The van der Waals surface area contributed by atoms with Gasteiger partial charge in [-0.15, -0.1) is 0 Å². The summed E-state index contributed by atoms with van der Waals surface area (Å²) >= 11 is 6.29. The first-order valence-electron chi connectivity index (χ1n) is 14.4. The zero-order valence-electron chi connectivity index (χ0n) is 26.9. The maximum Gasteiger partial charge on any atom is 0.273 e. The molecule has 0 spiro atoms. The summed E-state index contributed by atoms with van der Waals surface area (Å²) in [5, 5.41) is 14.8. The van der Waals surface area contributed by atoms with Gasteiger partial charge in [-0.1, -0.05) is 36.7 Å². The Morgan fingerprint density at radius 1 is 1.04 bits per heavy atom. The highest BCUT2D eigenvalue weighted by atomic mass is 35.5. The summed E-state index contributed by atoms with van der Waals surface area (Å²) < 4.78 is 40.2. The fourth-order valence-corrected chi connectivity index (χ4v) is 6.39. The quantitative estimate of drug-likeness (QED) is 0.185. The molecule has 3 aromatic rings. The number of sulfonamides is 1. The number of rotatable bonds is 13. The summed E-state index contributed by atoms with van der Waals surface area (Å²) in [6.45, 7) is 7.83. The molecule has 3 rings (SSSR count). The van der Waals surface area contributed by atoms with Gasteiger partial charge in [-0.05, 0) is 76.1 Å². The van der Waals surface area contributed by atoms with Crippen molar-refractivity contribution in [1.29, 1.82) is 0 Å². The Balaban J connectivity index is 2.21. The van der Waals surface area contributed by atoms with Crippen LogP contribution in [-0.2, 0) is 26.2 Å². The van der Waals surface area contributed by atoms with E-state index in [1.54, 1.807) is 31.2 Å². The highest BCUT2D eigenvalue weighted by Gasteiger charge is 2.36. The van der Waals surface area contributed by atoms with Gasteiger partial charge in [-0.25, -0.2) is 8.42 Å². The molecule has 12 nitrogen and oxygen atoms in total. The molecule has 0 aromatic heterocycles. The van der Waals surface area contributed by atoms with Gasteiger partial charge in [0.05, 0.1) is 29.7 Å². The largest absolute Gasteiger partial charge is 0.497 e. The van der Waals surface area contributed by atoms with Gasteiger partial charge in [-0.3, -0.25) is 24.0 Å². The number of amides is 2. The van der Waals surface area contributed by atoms with E-state index in [0.717, 1.165) is 10.4 Å². The van der Waals surface area contributed by atoms with Crippen LogP contribution < -0.4 is 19.1 Å². The van der Waals surface area contributed by atoms with E-state index in [4.69, 9.17) is 21.1 Å². The first kappa shape index (κ1) is 36.1. The standard InChI is InChI=1S/C32H39ClN4O8S/c1-8-26(31(39)34-32(3,4)5)35(19-22-10-9-11-24(16-22)44-6)30(38)20-36(28-17-23(33)13-15-29(28)45-7)46(42,43)25-14-12-21(2)27(18-25)37(40)41/h9-18,26H,8,19-20H2,1-7H3,(H,34,39)/t26-/m1/s1. The van der Waals surface area contributed by atoms with Gasteiger partial charge in [0.25, 0.3) is 15.7 Å². The summed E-state index contributed by atoms with van der Waals surface area (Å²) in [6, 6.07) is 13.7. The molecule has 14 heteroatoms. The average molecular weight is 675 g/mol. The fraction of sp³-hybridized carbons (Fsp3) is 0.375. The number of hydrogen-bond donors (Lipinski definition) is 1. The molecular weight excluding hydrogens is 636 g/mol. The number of halogens is 1. The molecule has 0 aliphatic rings. The van der Waals surface area contributed by atoms with Crippen LogP contribution in [0, 0.1) is 17.0 Å². The van der Waals surface area contributed by atoms with Crippen LogP contribution in [0.5, 0.6) is 11.5 Å². The van der Waals surface area contributed by atoms with E-state index in [1.165, 1.54) is 56.4 Å². The molecule has 0 radical (unpaired) electrons. The van der Waals surface area contributed by atoms with Crippen molar-refractivity contribution in [3.63, 3.8) is 0 Å². The second-order valence-electron chi connectivity index (χ2n) is 11.6. The van der Waals surface area contributed by atoms with Crippen LogP contribution in [0.25, 0.3) is 0 Å². The molecule has 1 atom stereocenters. The smallest absolute Gasteiger partial charge is 0.273 e. The number of aryl methyl sites for hydroxylation is 1. The Bertz CT molecular complexity index is 1710. The maximum atomic E-state index is 14.4. The van der Waals surface area contributed by atoms with Gasteiger partial charge in [0.2, 0.25) is 11.8 Å². The molecular formula is C32H39ClN4O8S. The number of ether oxygens (including phenoxy) is 2.